The second-order valence-electron chi connectivity index (χ2n) is 9.18. The maximum absolute atomic E-state index is 12.3. The Bertz CT molecular complexity index is 900. The van der Waals surface area contributed by atoms with Gasteiger partial charge in [0.15, 0.2) is 0 Å². The molecule has 8 heteroatoms. The number of likely N-dealkylation sites (tertiary alicyclic amines) is 1. The first-order chi connectivity index (χ1) is 14.9. The predicted molar refractivity (Wildman–Crippen MR) is 119 cm³/mol. The summed E-state index contributed by atoms with van der Waals surface area (Å²) in [6, 6.07) is 5.93. The van der Waals surface area contributed by atoms with Gasteiger partial charge in [-0.05, 0) is 51.7 Å². The van der Waals surface area contributed by atoms with Crippen LogP contribution in [0.4, 0.5) is 10.6 Å². The van der Waals surface area contributed by atoms with E-state index in [0.717, 1.165) is 42.7 Å². The van der Waals surface area contributed by atoms with Crippen LogP contribution in [0.15, 0.2) is 24.4 Å². The van der Waals surface area contributed by atoms with Crippen LogP contribution in [0.2, 0.25) is 0 Å². The highest BCUT2D eigenvalue weighted by Crippen LogP contribution is 2.29. The number of amides is 1. The minimum absolute atomic E-state index is 0.233. The van der Waals surface area contributed by atoms with Crippen molar-refractivity contribution in [3.63, 3.8) is 0 Å². The first-order valence-corrected chi connectivity index (χ1v) is 11.1. The lowest BCUT2D eigenvalue weighted by molar-refractivity contribution is 0.0164. The van der Waals surface area contributed by atoms with Crippen LogP contribution in [-0.4, -0.2) is 72.6 Å². The summed E-state index contributed by atoms with van der Waals surface area (Å²) < 4.78 is 17.2. The molecule has 2 fully saturated rings. The lowest BCUT2D eigenvalue weighted by Crippen LogP contribution is -2.42. The molecule has 0 aromatic carbocycles. The summed E-state index contributed by atoms with van der Waals surface area (Å²) >= 11 is 0. The molecule has 2 aromatic heterocycles. The number of nitrogens with zero attached hydrogens (tertiary/aromatic N) is 4. The van der Waals surface area contributed by atoms with Crippen molar-refractivity contribution in [2.45, 2.75) is 39.2 Å². The fraction of sp³-hybridized carbons (Fsp3) is 0.609. The summed E-state index contributed by atoms with van der Waals surface area (Å²) in [5, 5.41) is 0.922. The zero-order valence-corrected chi connectivity index (χ0v) is 18.7. The van der Waals surface area contributed by atoms with Gasteiger partial charge in [0.25, 0.3) is 0 Å². The van der Waals surface area contributed by atoms with Gasteiger partial charge in [-0.25, -0.2) is 4.79 Å². The number of hydrogen-bond donors (Lipinski definition) is 0. The predicted octanol–water partition coefficient (Wildman–Crippen LogP) is 3.49. The van der Waals surface area contributed by atoms with Crippen molar-refractivity contribution in [2.75, 3.05) is 50.9 Å². The molecule has 0 atom stereocenters. The Hall–Kier alpha value is -2.61. The number of carbonyl (C=O) groups excluding carboxylic acids is 1. The van der Waals surface area contributed by atoms with Gasteiger partial charge in [0.05, 0.1) is 30.7 Å². The molecule has 168 valence electrons. The lowest BCUT2D eigenvalue weighted by atomic mass is 9.98. The number of fused-ring (bicyclic) bond motifs is 1. The van der Waals surface area contributed by atoms with E-state index in [0.29, 0.717) is 44.7 Å². The first-order valence-electron chi connectivity index (χ1n) is 11.1. The van der Waals surface area contributed by atoms with Crippen LogP contribution in [0.25, 0.3) is 10.9 Å². The molecule has 2 aliphatic rings. The van der Waals surface area contributed by atoms with E-state index in [1.165, 1.54) is 0 Å². The van der Waals surface area contributed by atoms with Crippen molar-refractivity contribution >= 4 is 22.8 Å². The molecular formula is C23H32N4O4. The van der Waals surface area contributed by atoms with Crippen LogP contribution in [0, 0.1) is 5.92 Å². The van der Waals surface area contributed by atoms with E-state index in [4.69, 9.17) is 19.2 Å². The normalized spacial score (nSPS) is 18.3. The number of carbonyl (C=O) groups is 1. The van der Waals surface area contributed by atoms with Crippen molar-refractivity contribution in [1.82, 2.24) is 14.9 Å². The molecule has 2 saturated heterocycles. The Labute approximate surface area is 183 Å². The maximum atomic E-state index is 12.3. The molecule has 0 spiro atoms. The molecule has 1 amide bonds. The van der Waals surface area contributed by atoms with Gasteiger partial charge in [-0.3, -0.25) is 4.98 Å². The zero-order valence-electron chi connectivity index (χ0n) is 18.7. The third kappa shape index (κ3) is 5.55. The van der Waals surface area contributed by atoms with Crippen molar-refractivity contribution in [2.24, 2.45) is 5.92 Å². The minimum Gasteiger partial charge on any atom is -0.477 e. The zero-order chi connectivity index (χ0) is 21.8. The fourth-order valence-electron chi connectivity index (χ4n) is 3.90. The number of morpholine rings is 1. The molecule has 4 heterocycles. The van der Waals surface area contributed by atoms with Gasteiger partial charge in [0, 0.05) is 38.4 Å². The van der Waals surface area contributed by atoms with Crippen molar-refractivity contribution in [3.8, 4) is 5.88 Å². The SMILES string of the molecule is CC(C)(C)OC(=O)N1CCC(COc2nc(N3CCOCC3)cc3ncccc23)CC1. The number of hydrogen-bond acceptors (Lipinski definition) is 7. The van der Waals surface area contributed by atoms with Crippen LogP contribution in [0.3, 0.4) is 0 Å². The highest BCUT2D eigenvalue weighted by atomic mass is 16.6. The Balaban J connectivity index is 1.39. The number of pyridine rings is 2. The van der Waals surface area contributed by atoms with Gasteiger partial charge in [0.2, 0.25) is 5.88 Å². The van der Waals surface area contributed by atoms with Crippen LogP contribution in [-0.2, 0) is 9.47 Å². The standard InChI is InChI=1S/C23H32N4O4/c1-23(2,3)31-22(28)27-9-6-17(7-10-27)16-30-21-18-5-4-8-24-19(18)15-20(25-21)26-11-13-29-14-12-26/h4-5,8,15,17H,6-7,9-14,16H2,1-3H3. The molecule has 4 rings (SSSR count). The van der Waals surface area contributed by atoms with E-state index in [9.17, 15) is 4.79 Å². The molecule has 2 aliphatic heterocycles. The van der Waals surface area contributed by atoms with Crippen molar-refractivity contribution in [3.05, 3.63) is 24.4 Å². The van der Waals surface area contributed by atoms with Crippen LogP contribution in [0.5, 0.6) is 5.88 Å². The number of rotatable bonds is 4. The molecular weight excluding hydrogens is 396 g/mol. The van der Waals surface area contributed by atoms with Gasteiger partial charge < -0.3 is 24.0 Å². The second kappa shape index (κ2) is 9.26. The highest BCUT2D eigenvalue weighted by Gasteiger charge is 2.27. The number of piperidine rings is 1. The second-order valence-corrected chi connectivity index (χ2v) is 9.18. The Kier molecular flexibility index (Phi) is 6.46. The van der Waals surface area contributed by atoms with Crippen molar-refractivity contribution in [1.29, 1.82) is 0 Å². The van der Waals surface area contributed by atoms with E-state index in [2.05, 4.69) is 9.88 Å². The molecule has 0 aliphatic carbocycles. The number of aromatic nitrogens is 2. The summed E-state index contributed by atoms with van der Waals surface area (Å²) in [4.78, 5) is 25.6. The van der Waals surface area contributed by atoms with Gasteiger partial charge in [-0.2, -0.15) is 4.98 Å². The summed E-state index contributed by atoms with van der Waals surface area (Å²) in [7, 11) is 0. The average molecular weight is 429 g/mol. The van der Waals surface area contributed by atoms with Crippen molar-refractivity contribution < 1.29 is 19.0 Å². The summed E-state index contributed by atoms with van der Waals surface area (Å²) in [5.74, 6) is 1.88. The Morgan fingerprint density at radius 3 is 2.65 bits per heavy atom. The Morgan fingerprint density at radius 2 is 1.94 bits per heavy atom. The topological polar surface area (TPSA) is 77.0 Å². The van der Waals surface area contributed by atoms with E-state index in [1.54, 1.807) is 11.1 Å². The molecule has 0 N–H and O–H groups in total. The summed E-state index contributed by atoms with van der Waals surface area (Å²) in [6.45, 7) is 10.7. The molecule has 0 saturated carbocycles. The highest BCUT2D eigenvalue weighted by molar-refractivity contribution is 5.85. The van der Waals surface area contributed by atoms with E-state index in [1.807, 2.05) is 39.0 Å². The van der Waals surface area contributed by atoms with Gasteiger partial charge in [-0.15, -0.1) is 0 Å². The van der Waals surface area contributed by atoms with Gasteiger partial charge in [0.1, 0.15) is 11.4 Å². The quantitative estimate of drug-likeness (QED) is 0.738. The number of anilines is 1. The molecule has 0 bridgehead atoms. The third-order valence-corrected chi connectivity index (χ3v) is 5.61. The van der Waals surface area contributed by atoms with Gasteiger partial charge in [-0.1, -0.05) is 0 Å². The lowest BCUT2D eigenvalue weighted by Gasteiger charge is -2.33. The fourth-order valence-corrected chi connectivity index (χ4v) is 3.90. The molecule has 2 aromatic rings. The third-order valence-electron chi connectivity index (χ3n) is 5.61. The van der Waals surface area contributed by atoms with E-state index < -0.39 is 5.60 Å². The number of ether oxygens (including phenoxy) is 3. The smallest absolute Gasteiger partial charge is 0.410 e. The maximum Gasteiger partial charge on any atom is 0.410 e. The minimum atomic E-state index is -0.469. The van der Waals surface area contributed by atoms with E-state index >= 15 is 0 Å². The van der Waals surface area contributed by atoms with Crippen LogP contribution in [0.1, 0.15) is 33.6 Å². The Morgan fingerprint density at radius 1 is 1.19 bits per heavy atom. The van der Waals surface area contributed by atoms with E-state index in [-0.39, 0.29) is 6.09 Å². The summed E-state index contributed by atoms with van der Waals surface area (Å²) in [5.41, 5.74) is 0.414. The first kappa shape index (κ1) is 21.6. The van der Waals surface area contributed by atoms with Gasteiger partial charge >= 0.3 is 6.09 Å². The van der Waals surface area contributed by atoms with Crippen LogP contribution < -0.4 is 9.64 Å². The molecule has 0 unspecified atom stereocenters. The largest absolute Gasteiger partial charge is 0.477 e. The molecule has 8 nitrogen and oxygen atoms in total. The molecule has 0 radical (unpaired) electrons. The summed E-state index contributed by atoms with van der Waals surface area (Å²) in [6.07, 6.45) is 3.34. The monoisotopic (exact) mass is 428 g/mol. The van der Waals surface area contributed by atoms with Crippen LogP contribution >= 0.6 is 0 Å². The average Bonchev–Trinajstić information content (AvgIpc) is 2.77. The molecule has 31 heavy (non-hydrogen) atoms.